The van der Waals surface area contributed by atoms with Crippen molar-refractivity contribution >= 4 is 11.6 Å². The van der Waals surface area contributed by atoms with Crippen LogP contribution in [0.4, 0.5) is 5.69 Å². The van der Waals surface area contributed by atoms with Crippen LogP contribution in [0.25, 0.3) is 0 Å². The summed E-state index contributed by atoms with van der Waals surface area (Å²) in [4.78, 5) is 11.6. The summed E-state index contributed by atoms with van der Waals surface area (Å²) in [5.41, 5.74) is 2.04. The molecule has 2 heterocycles. The fourth-order valence-electron chi connectivity index (χ4n) is 2.47. The quantitative estimate of drug-likeness (QED) is 0.547. The predicted octanol–water partition coefficient (Wildman–Crippen LogP) is 0.790. The van der Waals surface area contributed by atoms with Crippen LogP contribution < -0.4 is 10.6 Å². The molecule has 0 aliphatic carbocycles. The van der Waals surface area contributed by atoms with E-state index in [2.05, 4.69) is 10.6 Å². The molecule has 4 nitrogen and oxygen atoms in total. The van der Waals surface area contributed by atoms with E-state index in [4.69, 9.17) is 0 Å². The predicted molar refractivity (Wildman–Crippen MR) is 55.9 cm³/mol. The molecule has 0 bridgehead atoms. The van der Waals surface area contributed by atoms with Gasteiger partial charge in [-0.05, 0) is 30.2 Å². The van der Waals surface area contributed by atoms with Crippen molar-refractivity contribution in [3.8, 4) is 5.75 Å². The number of nitrogens with one attached hydrogen (secondary N) is 2. The first-order valence-corrected chi connectivity index (χ1v) is 5.13. The third kappa shape index (κ3) is 1.17. The molecule has 1 fully saturated rings. The topological polar surface area (TPSA) is 61.4 Å². The Balaban J connectivity index is 2.05. The van der Waals surface area contributed by atoms with E-state index in [0.717, 1.165) is 24.2 Å². The molecule has 1 amide bonds. The highest BCUT2D eigenvalue weighted by atomic mass is 16.3. The second-order valence-corrected chi connectivity index (χ2v) is 4.08. The van der Waals surface area contributed by atoms with E-state index >= 15 is 0 Å². The van der Waals surface area contributed by atoms with E-state index in [1.54, 1.807) is 12.1 Å². The molecule has 3 rings (SSSR count). The number of fused-ring (bicyclic) bond motifs is 3. The van der Waals surface area contributed by atoms with E-state index in [0.29, 0.717) is 0 Å². The normalized spacial score (nSPS) is 27.6. The van der Waals surface area contributed by atoms with E-state index in [9.17, 15) is 9.90 Å². The number of phenols is 1. The van der Waals surface area contributed by atoms with Gasteiger partial charge in [0.2, 0.25) is 5.91 Å². The summed E-state index contributed by atoms with van der Waals surface area (Å²) in [5, 5.41) is 15.5. The number of rotatable bonds is 0. The first-order valence-electron chi connectivity index (χ1n) is 5.13. The Labute approximate surface area is 87.3 Å². The van der Waals surface area contributed by atoms with Crippen molar-refractivity contribution in [2.24, 2.45) is 0 Å². The number of aromatic hydroxyl groups is 1. The minimum absolute atomic E-state index is 0.0574. The zero-order chi connectivity index (χ0) is 10.4. The zero-order valence-electron chi connectivity index (χ0n) is 8.16. The van der Waals surface area contributed by atoms with Gasteiger partial charge in [-0.25, -0.2) is 0 Å². The maximum absolute atomic E-state index is 11.6. The average molecular weight is 204 g/mol. The van der Waals surface area contributed by atoms with Crippen molar-refractivity contribution in [2.75, 3.05) is 11.9 Å². The molecule has 15 heavy (non-hydrogen) atoms. The van der Waals surface area contributed by atoms with Gasteiger partial charge in [-0.2, -0.15) is 0 Å². The highest BCUT2D eigenvalue weighted by molar-refractivity contribution is 5.89. The van der Waals surface area contributed by atoms with Gasteiger partial charge in [-0.3, -0.25) is 4.79 Å². The van der Waals surface area contributed by atoms with Gasteiger partial charge in [-0.15, -0.1) is 0 Å². The van der Waals surface area contributed by atoms with Crippen LogP contribution >= 0.6 is 0 Å². The zero-order valence-corrected chi connectivity index (χ0v) is 8.16. The summed E-state index contributed by atoms with van der Waals surface area (Å²) in [6.45, 7) is 0.719. The molecule has 78 valence electrons. The number of benzene rings is 1. The van der Waals surface area contributed by atoms with E-state index in [1.807, 2.05) is 6.07 Å². The van der Waals surface area contributed by atoms with E-state index in [1.165, 1.54) is 0 Å². The number of hydrogen-bond acceptors (Lipinski definition) is 3. The molecular formula is C11H12N2O2. The Morgan fingerprint density at radius 3 is 3.13 bits per heavy atom. The van der Waals surface area contributed by atoms with Crippen LogP contribution in [0.3, 0.4) is 0 Å². The largest absolute Gasteiger partial charge is 0.508 e. The SMILES string of the molecule is O=C1NCC[C@H]2c3cc(O)ccc3N[C@@H]12. The maximum atomic E-state index is 11.6. The van der Waals surface area contributed by atoms with Gasteiger partial charge in [0.15, 0.2) is 0 Å². The lowest BCUT2D eigenvalue weighted by molar-refractivity contribution is -0.123. The highest BCUT2D eigenvalue weighted by Crippen LogP contribution is 2.40. The summed E-state index contributed by atoms with van der Waals surface area (Å²) in [6, 6.07) is 5.07. The van der Waals surface area contributed by atoms with Crippen molar-refractivity contribution in [1.82, 2.24) is 5.32 Å². The van der Waals surface area contributed by atoms with Crippen molar-refractivity contribution in [1.29, 1.82) is 0 Å². The van der Waals surface area contributed by atoms with Gasteiger partial charge >= 0.3 is 0 Å². The number of amides is 1. The number of phenolic OH excluding ortho intramolecular Hbond substituents is 1. The molecule has 0 saturated carbocycles. The molecule has 2 atom stereocenters. The summed E-state index contributed by atoms with van der Waals surface area (Å²) in [5.74, 6) is 0.532. The lowest BCUT2D eigenvalue weighted by Crippen LogP contribution is -2.46. The molecular weight excluding hydrogens is 192 g/mol. The summed E-state index contributed by atoms with van der Waals surface area (Å²) in [6.07, 6.45) is 0.930. The number of carbonyl (C=O) groups is 1. The van der Waals surface area contributed by atoms with Gasteiger partial charge in [0, 0.05) is 18.2 Å². The molecule has 1 aromatic rings. The Morgan fingerprint density at radius 1 is 1.40 bits per heavy atom. The fraction of sp³-hybridized carbons (Fsp3) is 0.364. The second-order valence-electron chi connectivity index (χ2n) is 4.08. The van der Waals surface area contributed by atoms with Crippen molar-refractivity contribution < 1.29 is 9.90 Å². The van der Waals surface area contributed by atoms with Crippen LogP contribution in [-0.2, 0) is 4.79 Å². The average Bonchev–Trinajstić information content (AvgIpc) is 2.58. The number of hydrogen-bond donors (Lipinski definition) is 3. The van der Waals surface area contributed by atoms with Crippen LogP contribution in [0, 0.1) is 0 Å². The monoisotopic (exact) mass is 204 g/mol. The molecule has 0 unspecified atom stereocenters. The fourth-order valence-corrected chi connectivity index (χ4v) is 2.47. The molecule has 0 aromatic heterocycles. The molecule has 1 aromatic carbocycles. The molecule has 1 saturated heterocycles. The Morgan fingerprint density at radius 2 is 2.27 bits per heavy atom. The van der Waals surface area contributed by atoms with Crippen LogP contribution in [0.1, 0.15) is 17.9 Å². The maximum Gasteiger partial charge on any atom is 0.243 e. The summed E-state index contributed by atoms with van der Waals surface area (Å²) >= 11 is 0. The van der Waals surface area contributed by atoms with Crippen LogP contribution in [-0.4, -0.2) is 23.6 Å². The molecule has 4 heteroatoms. The van der Waals surface area contributed by atoms with Gasteiger partial charge < -0.3 is 15.7 Å². The Bertz CT molecular complexity index is 431. The van der Waals surface area contributed by atoms with Gasteiger partial charge in [-0.1, -0.05) is 0 Å². The van der Waals surface area contributed by atoms with Crippen LogP contribution in [0.2, 0.25) is 0 Å². The standard InChI is InChI=1S/C11H12N2O2/c14-6-1-2-9-8(5-6)7-3-4-12-11(15)10(7)13-9/h1-2,5,7,10,13-14H,3-4H2,(H,12,15)/t7-,10+/m0/s1. The van der Waals surface area contributed by atoms with Crippen molar-refractivity contribution in [3.63, 3.8) is 0 Å². The third-order valence-corrected chi connectivity index (χ3v) is 3.19. The van der Waals surface area contributed by atoms with Gasteiger partial charge in [0.1, 0.15) is 11.8 Å². The molecule has 3 N–H and O–H groups in total. The molecule has 0 spiro atoms. The van der Waals surface area contributed by atoms with E-state index in [-0.39, 0.29) is 23.6 Å². The minimum atomic E-state index is -0.157. The van der Waals surface area contributed by atoms with Crippen LogP contribution in [0.15, 0.2) is 18.2 Å². The Hall–Kier alpha value is -1.71. The van der Waals surface area contributed by atoms with E-state index < -0.39 is 0 Å². The van der Waals surface area contributed by atoms with Crippen molar-refractivity contribution in [3.05, 3.63) is 23.8 Å². The number of anilines is 1. The first-order chi connectivity index (χ1) is 7.25. The number of carbonyl (C=O) groups excluding carboxylic acids is 1. The molecule has 2 aliphatic heterocycles. The summed E-state index contributed by atoms with van der Waals surface area (Å²) in [7, 11) is 0. The highest BCUT2D eigenvalue weighted by Gasteiger charge is 2.39. The second kappa shape index (κ2) is 2.89. The minimum Gasteiger partial charge on any atom is -0.508 e. The molecule has 0 radical (unpaired) electrons. The van der Waals surface area contributed by atoms with Gasteiger partial charge in [0.05, 0.1) is 0 Å². The number of piperidine rings is 1. The lowest BCUT2D eigenvalue weighted by atomic mass is 9.89. The third-order valence-electron chi connectivity index (χ3n) is 3.19. The first kappa shape index (κ1) is 8.59. The smallest absolute Gasteiger partial charge is 0.243 e. The summed E-state index contributed by atoms with van der Waals surface area (Å²) < 4.78 is 0. The molecule has 2 aliphatic rings. The van der Waals surface area contributed by atoms with Crippen LogP contribution in [0.5, 0.6) is 5.75 Å². The lowest BCUT2D eigenvalue weighted by Gasteiger charge is -2.25. The Kier molecular flexibility index (Phi) is 1.65. The van der Waals surface area contributed by atoms with Crippen molar-refractivity contribution in [2.45, 2.75) is 18.4 Å². The van der Waals surface area contributed by atoms with Gasteiger partial charge in [0.25, 0.3) is 0 Å².